The van der Waals surface area contributed by atoms with E-state index in [1.54, 1.807) is 0 Å². The quantitative estimate of drug-likeness (QED) is 0.796. The minimum Gasteiger partial charge on any atom is -0.453 e. The van der Waals surface area contributed by atoms with Crippen molar-refractivity contribution in [1.29, 1.82) is 0 Å². The Morgan fingerprint density at radius 3 is 2.94 bits per heavy atom. The molecule has 2 rings (SSSR count). The summed E-state index contributed by atoms with van der Waals surface area (Å²) in [5.41, 5.74) is 0.428. The van der Waals surface area contributed by atoms with Crippen LogP contribution in [0, 0.1) is 11.6 Å². The number of nitrogens with zero attached hydrogens (tertiary/aromatic N) is 1. The van der Waals surface area contributed by atoms with Crippen molar-refractivity contribution in [2.75, 3.05) is 12.4 Å². The van der Waals surface area contributed by atoms with E-state index in [1.165, 1.54) is 7.11 Å². The molecule has 8 heteroatoms. The highest BCUT2D eigenvalue weighted by Crippen LogP contribution is 2.28. The molecule has 0 aliphatic rings. The molecule has 0 atom stereocenters. The summed E-state index contributed by atoms with van der Waals surface area (Å²) >= 11 is 2.89. The van der Waals surface area contributed by atoms with Crippen LogP contribution in [0.2, 0.25) is 0 Å². The van der Waals surface area contributed by atoms with Crippen molar-refractivity contribution >= 4 is 39.0 Å². The number of fused-ring (bicyclic) bond motifs is 1. The Morgan fingerprint density at radius 2 is 2.29 bits per heavy atom. The van der Waals surface area contributed by atoms with Crippen LogP contribution >= 0.6 is 15.9 Å². The number of hydrogen-bond acceptors (Lipinski definition) is 3. The lowest BCUT2D eigenvalue weighted by Gasteiger charge is -1.96. The molecule has 0 saturated carbocycles. The Balaban J connectivity index is 2.50. The minimum atomic E-state index is -1.03. The normalized spacial score (nSPS) is 10.6. The van der Waals surface area contributed by atoms with Crippen molar-refractivity contribution in [3.63, 3.8) is 0 Å². The van der Waals surface area contributed by atoms with Crippen LogP contribution in [0.3, 0.4) is 0 Å². The van der Waals surface area contributed by atoms with E-state index in [0.717, 1.165) is 6.07 Å². The molecule has 0 fully saturated rings. The third kappa shape index (κ3) is 2.07. The molecule has 0 spiro atoms. The zero-order chi connectivity index (χ0) is 12.6. The van der Waals surface area contributed by atoms with Crippen LogP contribution in [0.25, 0.3) is 11.0 Å². The van der Waals surface area contributed by atoms with Gasteiger partial charge in [-0.05, 0) is 15.9 Å². The molecule has 1 heterocycles. The lowest BCUT2D eigenvalue weighted by atomic mass is 10.3. The number of carbonyl (C=O) groups is 1. The van der Waals surface area contributed by atoms with E-state index < -0.39 is 17.7 Å². The number of methoxy groups -OCH3 is 1. The molecular formula is C9H6BrF2N3O2. The van der Waals surface area contributed by atoms with E-state index in [1.807, 2.05) is 0 Å². The summed E-state index contributed by atoms with van der Waals surface area (Å²) in [5.74, 6) is -2.01. The summed E-state index contributed by atoms with van der Waals surface area (Å²) in [6.45, 7) is 0. The van der Waals surface area contributed by atoms with Gasteiger partial charge in [0.1, 0.15) is 5.52 Å². The summed E-state index contributed by atoms with van der Waals surface area (Å²) in [7, 11) is 1.19. The maximum absolute atomic E-state index is 13.2. The molecule has 17 heavy (non-hydrogen) atoms. The molecule has 90 valence electrons. The number of carbonyl (C=O) groups excluding carboxylic acids is 1. The van der Waals surface area contributed by atoms with Crippen molar-refractivity contribution in [3.8, 4) is 0 Å². The van der Waals surface area contributed by atoms with E-state index in [2.05, 4.69) is 36.0 Å². The highest BCUT2D eigenvalue weighted by molar-refractivity contribution is 9.10. The molecule has 0 saturated heterocycles. The molecule has 0 unspecified atom stereocenters. The number of benzene rings is 1. The van der Waals surface area contributed by atoms with Gasteiger partial charge in [0.2, 0.25) is 5.95 Å². The van der Waals surface area contributed by atoms with Crippen LogP contribution < -0.4 is 5.32 Å². The number of amides is 1. The van der Waals surface area contributed by atoms with Gasteiger partial charge in [-0.3, -0.25) is 5.32 Å². The number of H-pyrrole nitrogens is 1. The van der Waals surface area contributed by atoms with Crippen LogP contribution in [0.4, 0.5) is 19.5 Å². The van der Waals surface area contributed by atoms with E-state index in [-0.39, 0.29) is 21.5 Å². The third-order valence-electron chi connectivity index (χ3n) is 2.02. The van der Waals surface area contributed by atoms with Gasteiger partial charge in [0.25, 0.3) is 0 Å². The highest BCUT2D eigenvalue weighted by atomic mass is 79.9. The Labute approximate surface area is 102 Å². The van der Waals surface area contributed by atoms with Crippen molar-refractivity contribution in [2.45, 2.75) is 0 Å². The van der Waals surface area contributed by atoms with Gasteiger partial charge in [-0.2, -0.15) is 0 Å². The number of aromatic nitrogens is 2. The summed E-state index contributed by atoms with van der Waals surface area (Å²) in [6, 6.07) is 0.949. The molecule has 0 aliphatic heterocycles. The second kappa shape index (κ2) is 4.28. The van der Waals surface area contributed by atoms with Gasteiger partial charge in [0, 0.05) is 6.07 Å². The second-order valence-electron chi connectivity index (χ2n) is 3.08. The van der Waals surface area contributed by atoms with Gasteiger partial charge in [0.05, 0.1) is 17.1 Å². The van der Waals surface area contributed by atoms with Gasteiger partial charge < -0.3 is 9.72 Å². The highest BCUT2D eigenvalue weighted by Gasteiger charge is 2.15. The third-order valence-corrected chi connectivity index (χ3v) is 2.74. The van der Waals surface area contributed by atoms with Crippen molar-refractivity contribution in [2.24, 2.45) is 0 Å². The van der Waals surface area contributed by atoms with Crippen LogP contribution in [0.15, 0.2) is 10.5 Å². The Morgan fingerprint density at radius 1 is 1.59 bits per heavy atom. The number of halogens is 3. The fourth-order valence-electron chi connectivity index (χ4n) is 1.26. The van der Waals surface area contributed by atoms with E-state index in [9.17, 15) is 13.6 Å². The molecule has 1 aromatic carbocycles. The topological polar surface area (TPSA) is 67.0 Å². The second-order valence-corrected chi connectivity index (χ2v) is 3.88. The number of imidazole rings is 1. The van der Waals surface area contributed by atoms with Crippen LogP contribution in [-0.4, -0.2) is 23.2 Å². The molecule has 1 amide bonds. The van der Waals surface area contributed by atoms with Crippen molar-refractivity contribution < 1.29 is 18.3 Å². The lowest BCUT2D eigenvalue weighted by Crippen LogP contribution is -2.11. The Hall–Kier alpha value is -1.70. The predicted octanol–water partition coefficient (Wildman–Crippen LogP) is 2.78. The molecule has 2 aromatic rings. The Kier molecular flexibility index (Phi) is 2.97. The molecule has 2 N–H and O–H groups in total. The maximum Gasteiger partial charge on any atom is 0.413 e. The van der Waals surface area contributed by atoms with Crippen LogP contribution in [0.1, 0.15) is 0 Å². The Bertz CT molecular complexity index is 599. The van der Waals surface area contributed by atoms with Gasteiger partial charge in [-0.1, -0.05) is 0 Å². The average Bonchev–Trinajstić information content (AvgIpc) is 2.68. The van der Waals surface area contributed by atoms with Gasteiger partial charge >= 0.3 is 6.09 Å². The van der Waals surface area contributed by atoms with E-state index in [0.29, 0.717) is 0 Å². The SMILES string of the molecule is COC(=O)Nc1nc2c(Br)c(F)c(F)cc2[nH]1. The summed E-state index contributed by atoms with van der Waals surface area (Å²) < 4.78 is 30.5. The minimum absolute atomic E-state index is 0.0394. The van der Waals surface area contributed by atoms with Crippen molar-refractivity contribution in [3.05, 3.63) is 22.2 Å². The summed E-state index contributed by atoms with van der Waals surface area (Å²) in [4.78, 5) is 17.4. The molecule has 1 aromatic heterocycles. The number of ether oxygens (including phenoxy) is 1. The van der Waals surface area contributed by atoms with Gasteiger partial charge in [-0.25, -0.2) is 18.6 Å². The molecular weight excluding hydrogens is 300 g/mol. The van der Waals surface area contributed by atoms with Crippen LogP contribution in [-0.2, 0) is 4.74 Å². The van der Waals surface area contributed by atoms with Crippen molar-refractivity contribution in [1.82, 2.24) is 9.97 Å². The smallest absolute Gasteiger partial charge is 0.413 e. The number of rotatable bonds is 1. The summed E-state index contributed by atoms with van der Waals surface area (Å²) in [5, 5.41) is 2.25. The predicted molar refractivity (Wildman–Crippen MR) is 59.7 cm³/mol. The molecule has 0 bridgehead atoms. The van der Waals surface area contributed by atoms with Gasteiger partial charge in [-0.15, -0.1) is 0 Å². The van der Waals surface area contributed by atoms with E-state index in [4.69, 9.17) is 0 Å². The molecule has 5 nitrogen and oxygen atoms in total. The average molecular weight is 306 g/mol. The first kappa shape index (κ1) is 11.8. The maximum atomic E-state index is 13.2. The van der Waals surface area contributed by atoms with Gasteiger partial charge in [0.15, 0.2) is 11.6 Å². The number of hydrogen-bond donors (Lipinski definition) is 2. The first-order chi connectivity index (χ1) is 8.02. The first-order valence-corrected chi connectivity index (χ1v) is 5.20. The fraction of sp³-hybridized carbons (Fsp3) is 0.111. The number of aromatic amines is 1. The summed E-state index contributed by atoms with van der Waals surface area (Å²) in [6.07, 6.45) is -0.735. The fourth-order valence-corrected chi connectivity index (χ4v) is 1.76. The largest absolute Gasteiger partial charge is 0.453 e. The lowest BCUT2D eigenvalue weighted by molar-refractivity contribution is 0.186. The standard InChI is InChI=1S/C9H6BrF2N3O2/c1-17-9(16)15-8-13-4-2-3(11)6(12)5(10)7(4)14-8/h2H,1H3,(H2,13,14,15,16). The first-order valence-electron chi connectivity index (χ1n) is 4.41. The van der Waals surface area contributed by atoms with Crippen LogP contribution in [0.5, 0.6) is 0 Å². The number of anilines is 1. The molecule has 0 aliphatic carbocycles. The van der Waals surface area contributed by atoms with E-state index >= 15 is 0 Å². The monoisotopic (exact) mass is 305 g/mol. The molecule has 0 radical (unpaired) electrons. The zero-order valence-electron chi connectivity index (χ0n) is 8.47. The number of nitrogens with one attached hydrogen (secondary N) is 2. The zero-order valence-corrected chi connectivity index (χ0v) is 10.1.